The summed E-state index contributed by atoms with van der Waals surface area (Å²) in [6.07, 6.45) is 1.69. The summed E-state index contributed by atoms with van der Waals surface area (Å²) in [6.45, 7) is 1.31. The van der Waals surface area contributed by atoms with Gasteiger partial charge < -0.3 is 4.90 Å². The largest absolute Gasteiger partial charge is 0.304 e. The first kappa shape index (κ1) is 16.6. The van der Waals surface area contributed by atoms with Gasteiger partial charge in [-0.3, -0.25) is 4.98 Å². The van der Waals surface area contributed by atoms with Gasteiger partial charge >= 0.3 is 0 Å². The number of sulfonamides is 1. The van der Waals surface area contributed by atoms with Gasteiger partial charge in [0.05, 0.1) is 17.4 Å². The molecule has 3 rings (SSSR count). The van der Waals surface area contributed by atoms with E-state index in [1.807, 2.05) is 32.3 Å². The molecule has 1 saturated heterocycles. The molecule has 1 aliphatic heterocycles. The maximum atomic E-state index is 12.8. The van der Waals surface area contributed by atoms with Crippen LogP contribution >= 0.6 is 11.3 Å². The summed E-state index contributed by atoms with van der Waals surface area (Å²) in [4.78, 5) is 6.75. The lowest BCUT2D eigenvalue weighted by Gasteiger charge is -2.23. The van der Waals surface area contributed by atoms with E-state index < -0.39 is 10.0 Å². The lowest BCUT2D eigenvalue weighted by atomic mass is 10.1. The van der Waals surface area contributed by atoms with E-state index in [1.54, 1.807) is 21.8 Å². The standard InChI is InChI=1S/C16H21N3O2S2/c1-18(2)12-13-6-3-7-14(17-13)15-8-4-10-19(15)23(20,21)16-9-5-11-22-16/h3,5-7,9,11,15H,4,8,10,12H2,1-2H3/t15-/m0/s1. The predicted octanol–water partition coefficient (Wildman–Crippen LogP) is 2.73. The van der Waals surface area contributed by atoms with Crippen molar-refractivity contribution in [3.05, 3.63) is 47.1 Å². The van der Waals surface area contributed by atoms with Gasteiger partial charge in [0, 0.05) is 13.1 Å². The Kier molecular flexibility index (Phi) is 4.82. The normalized spacial score (nSPS) is 19.5. The van der Waals surface area contributed by atoms with Crippen LogP contribution in [0.1, 0.15) is 30.3 Å². The number of thiophene rings is 1. The zero-order valence-electron chi connectivity index (χ0n) is 13.3. The second-order valence-corrected chi connectivity index (χ2v) is 9.06. The van der Waals surface area contributed by atoms with E-state index in [1.165, 1.54) is 11.3 Å². The van der Waals surface area contributed by atoms with Gasteiger partial charge in [-0.25, -0.2) is 8.42 Å². The molecule has 0 bridgehead atoms. The molecule has 0 aliphatic carbocycles. The average Bonchev–Trinajstić information content (AvgIpc) is 3.19. The second kappa shape index (κ2) is 6.68. The summed E-state index contributed by atoms with van der Waals surface area (Å²) >= 11 is 1.27. The summed E-state index contributed by atoms with van der Waals surface area (Å²) in [6, 6.07) is 9.17. The quantitative estimate of drug-likeness (QED) is 0.831. The Balaban J connectivity index is 1.90. The molecular weight excluding hydrogens is 330 g/mol. The highest BCUT2D eigenvalue weighted by Gasteiger charge is 2.37. The Hall–Kier alpha value is -1.28. The van der Waals surface area contributed by atoms with Crippen LogP contribution in [-0.4, -0.2) is 43.2 Å². The van der Waals surface area contributed by atoms with Crippen molar-refractivity contribution in [1.82, 2.24) is 14.2 Å². The minimum atomic E-state index is -3.43. The SMILES string of the molecule is CN(C)Cc1cccc([C@@H]2CCCN2S(=O)(=O)c2cccs2)n1. The fourth-order valence-electron chi connectivity index (χ4n) is 2.95. The van der Waals surface area contributed by atoms with Crippen LogP contribution in [0.15, 0.2) is 39.9 Å². The fraction of sp³-hybridized carbons (Fsp3) is 0.438. The van der Waals surface area contributed by atoms with Gasteiger partial charge in [0.25, 0.3) is 10.0 Å². The van der Waals surface area contributed by atoms with Crippen molar-refractivity contribution in [2.24, 2.45) is 0 Å². The van der Waals surface area contributed by atoms with Gasteiger partial charge in [0.15, 0.2) is 0 Å². The lowest BCUT2D eigenvalue weighted by Crippen LogP contribution is -2.30. The highest BCUT2D eigenvalue weighted by Crippen LogP contribution is 2.36. The highest BCUT2D eigenvalue weighted by molar-refractivity contribution is 7.91. The molecule has 0 amide bonds. The van der Waals surface area contributed by atoms with Crippen molar-refractivity contribution >= 4 is 21.4 Å². The summed E-state index contributed by atoms with van der Waals surface area (Å²) in [5, 5.41) is 1.80. The monoisotopic (exact) mass is 351 g/mol. The average molecular weight is 351 g/mol. The van der Waals surface area contributed by atoms with Crippen molar-refractivity contribution in [1.29, 1.82) is 0 Å². The molecule has 7 heteroatoms. The molecule has 0 unspecified atom stereocenters. The number of aromatic nitrogens is 1. The molecule has 1 fully saturated rings. The molecule has 124 valence electrons. The van der Waals surface area contributed by atoms with Crippen LogP contribution < -0.4 is 0 Å². The van der Waals surface area contributed by atoms with Gasteiger partial charge in [-0.2, -0.15) is 4.31 Å². The third kappa shape index (κ3) is 3.47. The Morgan fingerprint density at radius 3 is 2.83 bits per heavy atom. The molecule has 0 N–H and O–H groups in total. The Morgan fingerprint density at radius 1 is 1.30 bits per heavy atom. The van der Waals surface area contributed by atoms with E-state index in [0.29, 0.717) is 10.8 Å². The highest BCUT2D eigenvalue weighted by atomic mass is 32.2. The number of hydrogen-bond donors (Lipinski definition) is 0. The van der Waals surface area contributed by atoms with Gasteiger partial charge in [0.2, 0.25) is 0 Å². The van der Waals surface area contributed by atoms with Gasteiger partial charge in [-0.05, 0) is 50.5 Å². The first-order valence-electron chi connectivity index (χ1n) is 7.64. The Bertz CT molecular complexity index is 757. The van der Waals surface area contributed by atoms with Crippen LogP contribution in [0.4, 0.5) is 0 Å². The predicted molar refractivity (Wildman–Crippen MR) is 91.8 cm³/mol. The third-order valence-electron chi connectivity index (χ3n) is 3.91. The zero-order chi connectivity index (χ0) is 16.4. The van der Waals surface area contributed by atoms with E-state index in [2.05, 4.69) is 4.90 Å². The molecule has 0 radical (unpaired) electrons. The minimum Gasteiger partial charge on any atom is -0.304 e. The molecule has 3 heterocycles. The van der Waals surface area contributed by atoms with Gasteiger partial charge in [0.1, 0.15) is 4.21 Å². The molecule has 23 heavy (non-hydrogen) atoms. The number of hydrogen-bond acceptors (Lipinski definition) is 5. The van der Waals surface area contributed by atoms with Crippen LogP contribution in [0.5, 0.6) is 0 Å². The summed E-state index contributed by atoms with van der Waals surface area (Å²) < 4.78 is 27.7. The topological polar surface area (TPSA) is 53.5 Å². The number of pyridine rings is 1. The molecule has 2 aromatic rings. The summed E-state index contributed by atoms with van der Waals surface area (Å²) in [5.74, 6) is 0. The van der Waals surface area contributed by atoms with Crippen LogP contribution in [-0.2, 0) is 16.6 Å². The molecule has 0 spiro atoms. The van der Waals surface area contributed by atoms with E-state index in [-0.39, 0.29) is 6.04 Å². The van der Waals surface area contributed by atoms with Crippen molar-refractivity contribution in [3.63, 3.8) is 0 Å². The molecule has 1 atom stereocenters. The van der Waals surface area contributed by atoms with Gasteiger partial charge in [-0.1, -0.05) is 12.1 Å². The van der Waals surface area contributed by atoms with Gasteiger partial charge in [-0.15, -0.1) is 11.3 Å². The first-order chi connectivity index (χ1) is 11.0. The maximum absolute atomic E-state index is 12.8. The second-order valence-electron chi connectivity index (χ2n) is 6.00. The van der Waals surface area contributed by atoms with E-state index in [0.717, 1.165) is 30.8 Å². The van der Waals surface area contributed by atoms with Crippen molar-refractivity contribution < 1.29 is 8.42 Å². The van der Waals surface area contributed by atoms with Crippen LogP contribution in [0.2, 0.25) is 0 Å². The van der Waals surface area contributed by atoms with Crippen LogP contribution in [0.3, 0.4) is 0 Å². The van der Waals surface area contributed by atoms with Crippen molar-refractivity contribution in [2.75, 3.05) is 20.6 Å². The smallest absolute Gasteiger partial charge is 0.253 e. The Labute approximate surface area is 141 Å². The van der Waals surface area contributed by atoms with E-state index in [9.17, 15) is 8.42 Å². The Morgan fingerprint density at radius 2 is 2.13 bits per heavy atom. The molecule has 0 aromatic carbocycles. The summed E-state index contributed by atoms with van der Waals surface area (Å²) in [7, 11) is 0.568. The summed E-state index contributed by atoms with van der Waals surface area (Å²) in [5.41, 5.74) is 1.81. The molecule has 2 aromatic heterocycles. The van der Waals surface area contributed by atoms with Crippen molar-refractivity contribution in [2.45, 2.75) is 29.6 Å². The molecule has 5 nitrogen and oxygen atoms in total. The minimum absolute atomic E-state index is 0.163. The third-order valence-corrected chi connectivity index (χ3v) is 7.19. The lowest BCUT2D eigenvalue weighted by molar-refractivity contribution is 0.380. The fourth-order valence-corrected chi connectivity index (χ4v) is 5.73. The van der Waals surface area contributed by atoms with E-state index >= 15 is 0 Å². The molecule has 0 saturated carbocycles. The maximum Gasteiger partial charge on any atom is 0.253 e. The number of rotatable bonds is 5. The zero-order valence-corrected chi connectivity index (χ0v) is 15.0. The first-order valence-corrected chi connectivity index (χ1v) is 9.96. The van der Waals surface area contributed by atoms with Crippen LogP contribution in [0, 0.1) is 0 Å². The number of nitrogens with zero attached hydrogens (tertiary/aromatic N) is 3. The van der Waals surface area contributed by atoms with Crippen LogP contribution in [0.25, 0.3) is 0 Å². The molecular formula is C16H21N3O2S2. The van der Waals surface area contributed by atoms with E-state index in [4.69, 9.17) is 4.98 Å². The van der Waals surface area contributed by atoms with Crippen molar-refractivity contribution in [3.8, 4) is 0 Å². The molecule has 1 aliphatic rings.